The molecule has 3 aliphatic rings. The Labute approximate surface area is 266 Å². The fourth-order valence-electron chi connectivity index (χ4n) is 6.33. The van der Waals surface area contributed by atoms with Crippen LogP contribution >= 0.6 is 23.0 Å². The number of hydrogen-bond donors (Lipinski definition) is 1. The summed E-state index contributed by atoms with van der Waals surface area (Å²) in [5, 5.41) is 3.14. The minimum atomic E-state index is -0.329. The first-order valence-electron chi connectivity index (χ1n) is 16.0. The summed E-state index contributed by atoms with van der Waals surface area (Å²) in [7, 11) is 1.70. The molecule has 2 fully saturated rings. The molecular weight excluding hydrogens is 647 g/mol. The molecule has 1 aromatic carbocycles. The zero-order valence-electron chi connectivity index (χ0n) is 26.0. The monoisotopic (exact) mass is 698 g/mol. The third kappa shape index (κ3) is 10.8. The molecule has 8 nitrogen and oxygen atoms in total. The lowest BCUT2D eigenvalue weighted by atomic mass is 9.96. The van der Waals surface area contributed by atoms with Crippen LogP contribution < -0.4 is 10.1 Å². The molecule has 0 aromatic heterocycles. The summed E-state index contributed by atoms with van der Waals surface area (Å²) in [6.45, 7) is 7.95. The summed E-state index contributed by atoms with van der Waals surface area (Å²) < 4.78 is 16.2. The number of likely N-dealkylation sites (tertiary alicyclic amines) is 1. The average molecular weight is 699 g/mol. The topological polar surface area (TPSA) is 86.3 Å². The van der Waals surface area contributed by atoms with Crippen molar-refractivity contribution in [1.29, 1.82) is 0 Å². The second-order valence-corrected chi connectivity index (χ2v) is 11.9. The van der Waals surface area contributed by atoms with Crippen molar-refractivity contribution in [2.45, 2.75) is 116 Å². The van der Waals surface area contributed by atoms with Crippen LogP contribution in [-0.2, 0) is 28.9 Å². The van der Waals surface area contributed by atoms with Gasteiger partial charge in [0.05, 0.1) is 20.1 Å². The van der Waals surface area contributed by atoms with Gasteiger partial charge in [-0.2, -0.15) is 3.22 Å². The number of benzene rings is 1. The van der Waals surface area contributed by atoms with Gasteiger partial charge in [0, 0.05) is 37.5 Å². The van der Waals surface area contributed by atoms with Crippen molar-refractivity contribution in [2.24, 2.45) is 5.92 Å². The Morgan fingerprint density at radius 2 is 1.76 bits per heavy atom. The maximum absolute atomic E-state index is 12.8. The zero-order valence-corrected chi connectivity index (χ0v) is 28.2. The Morgan fingerprint density at radius 1 is 1.02 bits per heavy atom. The van der Waals surface area contributed by atoms with Gasteiger partial charge in [-0.3, -0.25) is 14.5 Å². The van der Waals surface area contributed by atoms with Crippen molar-refractivity contribution in [3.05, 3.63) is 34.9 Å². The smallest absolute Gasteiger partial charge is 0.306 e. The quantitative estimate of drug-likeness (QED) is 0.116. The molecule has 0 bridgehead atoms. The van der Waals surface area contributed by atoms with E-state index in [4.69, 9.17) is 17.6 Å². The lowest BCUT2D eigenvalue weighted by Crippen LogP contribution is -2.36. The van der Waals surface area contributed by atoms with E-state index in [0.717, 1.165) is 57.2 Å². The number of amides is 1. The van der Waals surface area contributed by atoms with Crippen LogP contribution in [0, 0.1) is 5.92 Å². The van der Waals surface area contributed by atoms with Crippen LogP contribution in [0.25, 0.3) is 6.08 Å². The van der Waals surface area contributed by atoms with Gasteiger partial charge in [0.15, 0.2) is 23.0 Å². The van der Waals surface area contributed by atoms with Crippen molar-refractivity contribution in [2.75, 3.05) is 26.8 Å². The van der Waals surface area contributed by atoms with Gasteiger partial charge in [0.2, 0.25) is 5.91 Å². The third-order valence-electron chi connectivity index (χ3n) is 8.73. The fraction of sp³-hybridized carbons (Fsp3) is 0.697. The molecule has 42 heavy (non-hydrogen) atoms. The maximum Gasteiger partial charge on any atom is 0.306 e. The number of hydrogen-bond acceptors (Lipinski definition) is 7. The van der Waals surface area contributed by atoms with Crippen LogP contribution in [0.1, 0.15) is 103 Å². The van der Waals surface area contributed by atoms with Crippen LogP contribution in [0.2, 0.25) is 0 Å². The van der Waals surface area contributed by atoms with Crippen LogP contribution in [-0.4, -0.2) is 61.8 Å². The van der Waals surface area contributed by atoms with E-state index in [9.17, 15) is 9.59 Å². The zero-order chi connectivity index (χ0) is 30.3. The van der Waals surface area contributed by atoms with Gasteiger partial charge in [-0.25, -0.2) is 4.89 Å². The number of esters is 1. The van der Waals surface area contributed by atoms with Gasteiger partial charge in [-0.15, -0.1) is 0 Å². The van der Waals surface area contributed by atoms with E-state index in [0.29, 0.717) is 13.2 Å². The highest BCUT2D eigenvalue weighted by atomic mass is 127. The normalized spacial score (nSPS) is 22.3. The van der Waals surface area contributed by atoms with E-state index in [2.05, 4.69) is 35.3 Å². The molecule has 0 spiro atoms. The summed E-state index contributed by atoms with van der Waals surface area (Å²) in [5.74, 6) is 0.503. The molecular formula is C33H51IN2O6. The summed E-state index contributed by atoms with van der Waals surface area (Å²) in [5.41, 5.74) is 3.95. The van der Waals surface area contributed by atoms with Crippen molar-refractivity contribution >= 4 is 41.0 Å². The molecule has 9 heteroatoms. The van der Waals surface area contributed by atoms with Gasteiger partial charge in [0.25, 0.3) is 0 Å². The standard InChI is InChI=1S/C31H45IN2O6.C2H6/c1-22(23-9-8-10-24-18-28(37-2)14-13-25(24)17-23)34-19-26(21-38-40-32)29(20-34)39-31(36)16-15-30(35)33-27-11-6-4-3-5-7-12-27;1-2/h13-14,17-18,22,26-27,29H,3-12,15-16,19-21H2,1-2H3,(H,33,35);1-2H3. The Bertz CT molecular complexity index is 1010. The number of nitrogens with zero attached hydrogens (tertiary/aromatic N) is 1. The van der Waals surface area contributed by atoms with Gasteiger partial charge in [-0.1, -0.05) is 63.7 Å². The molecule has 1 N–H and O–H groups in total. The minimum absolute atomic E-state index is 0.00663. The number of aryl methyl sites for hydroxylation is 1. The molecule has 2 aliphatic carbocycles. The largest absolute Gasteiger partial charge is 0.497 e. The minimum Gasteiger partial charge on any atom is -0.497 e. The number of nitrogens with one attached hydrogen (secondary N) is 1. The SMILES string of the molecule is CC.COc1ccc2c(c1)CCCC(C(C)N1CC(COOI)C(OC(=O)CCC(=O)NC3CCCCCCC3)C1)=C2. The predicted octanol–water partition coefficient (Wildman–Crippen LogP) is 6.98. The van der Waals surface area contributed by atoms with E-state index in [1.165, 1.54) is 36.0 Å². The molecule has 1 saturated carbocycles. The lowest BCUT2D eigenvalue weighted by molar-refractivity contribution is -0.186. The van der Waals surface area contributed by atoms with Gasteiger partial charge in [-0.05, 0) is 62.3 Å². The number of carbonyl (C=O) groups is 2. The molecule has 4 rings (SSSR count). The number of halogens is 1. The first-order chi connectivity index (χ1) is 20.5. The van der Waals surface area contributed by atoms with Gasteiger partial charge >= 0.3 is 5.97 Å². The lowest BCUT2D eigenvalue weighted by Gasteiger charge is -2.26. The van der Waals surface area contributed by atoms with Gasteiger partial charge in [0.1, 0.15) is 11.9 Å². The van der Waals surface area contributed by atoms with E-state index in [1.54, 1.807) is 30.1 Å². The molecule has 236 valence electrons. The van der Waals surface area contributed by atoms with Crippen LogP contribution in [0.4, 0.5) is 0 Å². The third-order valence-corrected chi connectivity index (χ3v) is 8.99. The number of methoxy groups -OCH3 is 1. The van der Waals surface area contributed by atoms with Crippen molar-refractivity contribution in [3.8, 4) is 5.75 Å². The highest BCUT2D eigenvalue weighted by Crippen LogP contribution is 2.32. The van der Waals surface area contributed by atoms with E-state index in [1.807, 2.05) is 19.9 Å². The summed E-state index contributed by atoms with van der Waals surface area (Å²) >= 11 is 1.71. The molecule has 3 unspecified atom stereocenters. The predicted molar refractivity (Wildman–Crippen MR) is 174 cm³/mol. The second-order valence-electron chi connectivity index (χ2n) is 11.5. The first kappa shape index (κ1) is 34.8. The van der Waals surface area contributed by atoms with Gasteiger partial charge < -0.3 is 14.8 Å². The van der Waals surface area contributed by atoms with E-state index in [-0.39, 0.29) is 48.8 Å². The highest BCUT2D eigenvalue weighted by molar-refractivity contribution is 14.1. The Kier molecular flexibility index (Phi) is 15.6. The summed E-state index contributed by atoms with van der Waals surface area (Å²) in [4.78, 5) is 33.0. The van der Waals surface area contributed by atoms with E-state index >= 15 is 0 Å². The maximum atomic E-state index is 12.8. The molecule has 3 atom stereocenters. The van der Waals surface area contributed by atoms with Crippen LogP contribution in [0.15, 0.2) is 23.8 Å². The number of rotatable bonds is 11. The molecule has 1 heterocycles. The summed E-state index contributed by atoms with van der Waals surface area (Å²) in [6.07, 6.45) is 13.5. The molecule has 1 saturated heterocycles. The highest BCUT2D eigenvalue weighted by Gasteiger charge is 2.38. The average Bonchev–Trinajstić information content (AvgIpc) is 3.25. The molecule has 1 aliphatic heterocycles. The molecule has 1 amide bonds. The van der Waals surface area contributed by atoms with Crippen LogP contribution in [0.5, 0.6) is 5.75 Å². The number of carbonyl (C=O) groups excluding carboxylic acids is 2. The van der Waals surface area contributed by atoms with Crippen molar-refractivity contribution in [1.82, 2.24) is 10.2 Å². The Morgan fingerprint density at radius 3 is 2.48 bits per heavy atom. The van der Waals surface area contributed by atoms with E-state index < -0.39 is 0 Å². The van der Waals surface area contributed by atoms with Crippen molar-refractivity contribution < 1.29 is 27.2 Å². The fourth-order valence-corrected chi connectivity index (χ4v) is 6.47. The van der Waals surface area contributed by atoms with Crippen LogP contribution in [0.3, 0.4) is 0 Å². The first-order valence-corrected chi connectivity index (χ1v) is 16.9. The second kappa shape index (κ2) is 18.9. The Balaban J connectivity index is 0.00000237. The van der Waals surface area contributed by atoms with Crippen molar-refractivity contribution in [3.63, 3.8) is 0 Å². The Hall–Kier alpha value is -1.69. The number of ether oxygens (including phenoxy) is 2. The summed E-state index contributed by atoms with van der Waals surface area (Å²) in [6, 6.07) is 6.73. The number of fused-ring (bicyclic) bond motifs is 1. The molecule has 1 aromatic rings. The molecule has 0 radical (unpaired) electrons.